The molecule has 4 nitrogen and oxygen atoms in total. The van der Waals surface area contributed by atoms with E-state index in [0.717, 1.165) is 16.6 Å². The number of pyridine rings is 1. The lowest BCUT2D eigenvalue weighted by atomic mass is 10.0. The van der Waals surface area contributed by atoms with Crippen LogP contribution in [0.15, 0.2) is 54.6 Å². The first-order valence-corrected chi connectivity index (χ1v) is 9.00. The number of amides is 1. The number of nitrogens with zero attached hydrogens (tertiary/aromatic N) is 2. The number of carbonyl (C=O) groups excluding carboxylic acids is 1. The Bertz CT molecular complexity index is 956. The lowest BCUT2D eigenvalue weighted by molar-refractivity contribution is 0.0774. The van der Waals surface area contributed by atoms with Gasteiger partial charge in [0.2, 0.25) is 0 Å². The van der Waals surface area contributed by atoms with Crippen LogP contribution in [0.1, 0.15) is 35.8 Å². The Kier molecular flexibility index (Phi) is 5.69. The Morgan fingerprint density at radius 1 is 1.15 bits per heavy atom. The predicted octanol–water partition coefficient (Wildman–Crippen LogP) is 4.65. The second-order valence-corrected chi connectivity index (χ2v) is 6.77. The number of halogens is 1. The van der Waals surface area contributed by atoms with Crippen molar-refractivity contribution >= 4 is 16.8 Å². The Morgan fingerprint density at radius 2 is 1.85 bits per heavy atom. The van der Waals surface area contributed by atoms with Crippen LogP contribution >= 0.6 is 0 Å². The van der Waals surface area contributed by atoms with Gasteiger partial charge in [-0.1, -0.05) is 44.2 Å². The fraction of sp³-hybridized carbons (Fsp3) is 0.273. The smallest absolute Gasteiger partial charge is 0.254 e. The van der Waals surface area contributed by atoms with E-state index in [1.807, 2.05) is 30.3 Å². The van der Waals surface area contributed by atoms with Crippen molar-refractivity contribution in [2.75, 3.05) is 20.2 Å². The maximum absolute atomic E-state index is 13.6. The summed E-state index contributed by atoms with van der Waals surface area (Å²) in [4.78, 5) is 19.3. The van der Waals surface area contributed by atoms with Crippen molar-refractivity contribution in [1.82, 2.24) is 9.88 Å². The number of rotatable bonds is 6. The third kappa shape index (κ3) is 4.25. The summed E-state index contributed by atoms with van der Waals surface area (Å²) in [6.07, 6.45) is 0. The minimum atomic E-state index is -0.409. The van der Waals surface area contributed by atoms with Crippen LogP contribution in [0.2, 0.25) is 0 Å². The molecule has 0 radical (unpaired) electrons. The van der Waals surface area contributed by atoms with Gasteiger partial charge in [-0.3, -0.25) is 9.78 Å². The molecule has 0 saturated heterocycles. The van der Waals surface area contributed by atoms with Gasteiger partial charge in [-0.15, -0.1) is 0 Å². The molecule has 0 spiro atoms. The summed E-state index contributed by atoms with van der Waals surface area (Å²) in [5.74, 6) is -0.105. The van der Waals surface area contributed by atoms with Crippen molar-refractivity contribution in [3.63, 3.8) is 0 Å². The van der Waals surface area contributed by atoms with Crippen LogP contribution in [-0.4, -0.2) is 36.0 Å². The highest BCUT2D eigenvalue weighted by Gasteiger charge is 2.18. The third-order valence-electron chi connectivity index (χ3n) is 4.43. The number of hydrogen-bond acceptors (Lipinski definition) is 3. The average molecular weight is 366 g/mol. The topological polar surface area (TPSA) is 42.4 Å². The van der Waals surface area contributed by atoms with Crippen LogP contribution in [-0.2, 0) is 0 Å². The molecule has 2 aromatic carbocycles. The van der Waals surface area contributed by atoms with E-state index in [0.29, 0.717) is 12.1 Å². The van der Waals surface area contributed by atoms with Crippen LogP contribution in [0.5, 0.6) is 5.75 Å². The number of benzene rings is 2. The average Bonchev–Trinajstić information content (AvgIpc) is 2.67. The van der Waals surface area contributed by atoms with Crippen molar-refractivity contribution < 1.29 is 13.9 Å². The summed E-state index contributed by atoms with van der Waals surface area (Å²) < 4.78 is 19.1. The molecule has 140 valence electrons. The Labute approximate surface area is 158 Å². The van der Waals surface area contributed by atoms with E-state index in [4.69, 9.17) is 4.74 Å². The molecule has 0 saturated carbocycles. The van der Waals surface area contributed by atoms with Gasteiger partial charge in [-0.2, -0.15) is 0 Å². The monoisotopic (exact) mass is 366 g/mol. The van der Waals surface area contributed by atoms with Gasteiger partial charge < -0.3 is 9.64 Å². The van der Waals surface area contributed by atoms with Gasteiger partial charge in [-0.05, 0) is 30.2 Å². The van der Waals surface area contributed by atoms with Crippen molar-refractivity contribution in [3.8, 4) is 5.75 Å². The molecule has 0 aliphatic carbocycles. The summed E-state index contributed by atoms with van der Waals surface area (Å²) in [5, 5.41) is 0.828. The fourth-order valence-corrected chi connectivity index (χ4v) is 2.83. The van der Waals surface area contributed by atoms with E-state index in [1.54, 1.807) is 30.1 Å². The Balaban J connectivity index is 1.77. The highest BCUT2D eigenvalue weighted by atomic mass is 19.1. The summed E-state index contributed by atoms with van der Waals surface area (Å²) in [6.45, 7) is 4.67. The number of hydrogen-bond donors (Lipinski definition) is 0. The van der Waals surface area contributed by atoms with Crippen LogP contribution in [0, 0.1) is 5.82 Å². The van der Waals surface area contributed by atoms with E-state index < -0.39 is 5.82 Å². The molecule has 3 aromatic rings. The van der Waals surface area contributed by atoms with Crippen LogP contribution in [0.3, 0.4) is 0 Å². The van der Waals surface area contributed by atoms with Crippen LogP contribution in [0.25, 0.3) is 10.9 Å². The standard InChI is InChI=1S/C22H23FN2O2/c1-15(2)20-14-17(16-8-4-6-10-19(16)24-20)22(26)25(3)12-13-27-21-11-7-5-9-18(21)23/h4-11,14-15H,12-13H2,1-3H3. The molecule has 0 unspecified atom stereocenters. The number of para-hydroxylation sites is 2. The lowest BCUT2D eigenvalue weighted by Crippen LogP contribution is -2.31. The zero-order valence-electron chi connectivity index (χ0n) is 15.8. The van der Waals surface area contributed by atoms with Gasteiger partial charge >= 0.3 is 0 Å². The molecule has 3 rings (SSSR count). The minimum Gasteiger partial charge on any atom is -0.489 e. The molecule has 0 aliphatic rings. The molecule has 27 heavy (non-hydrogen) atoms. The lowest BCUT2D eigenvalue weighted by Gasteiger charge is -2.19. The highest BCUT2D eigenvalue weighted by Crippen LogP contribution is 2.23. The molecule has 1 aromatic heterocycles. The molecule has 1 heterocycles. The highest BCUT2D eigenvalue weighted by molar-refractivity contribution is 6.06. The molecule has 0 bridgehead atoms. The summed E-state index contributed by atoms with van der Waals surface area (Å²) >= 11 is 0. The summed E-state index contributed by atoms with van der Waals surface area (Å²) in [5.41, 5.74) is 2.31. The van der Waals surface area contributed by atoms with Gasteiger partial charge in [0.05, 0.1) is 17.6 Å². The van der Waals surface area contributed by atoms with Gasteiger partial charge in [0.25, 0.3) is 5.91 Å². The zero-order valence-corrected chi connectivity index (χ0v) is 15.8. The number of fused-ring (bicyclic) bond motifs is 1. The van der Waals surface area contributed by atoms with Gasteiger partial charge in [0, 0.05) is 18.1 Å². The van der Waals surface area contributed by atoms with E-state index in [-0.39, 0.29) is 24.2 Å². The molecule has 0 fully saturated rings. The van der Waals surface area contributed by atoms with E-state index in [2.05, 4.69) is 18.8 Å². The number of ether oxygens (including phenoxy) is 1. The number of aromatic nitrogens is 1. The molecular weight excluding hydrogens is 343 g/mol. The van der Waals surface area contributed by atoms with Crippen molar-refractivity contribution in [3.05, 3.63) is 71.7 Å². The van der Waals surface area contributed by atoms with Gasteiger partial charge in [0.1, 0.15) is 6.61 Å². The van der Waals surface area contributed by atoms with Crippen molar-refractivity contribution in [1.29, 1.82) is 0 Å². The molecule has 1 amide bonds. The van der Waals surface area contributed by atoms with Crippen molar-refractivity contribution in [2.45, 2.75) is 19.8 Å². The molecule has 0 atom stereocenters. The van der Waals surface area contributed by atoms with Crippen molar-refractivity contribution in [2.24, 2.45) is 0 Å². The Morgan fingerprint density at radius 3 is 2.59 bits per heavy atom. The minimum absolute atomic E-state index is 0.104. The second-order valence-electron chi connectivity index (χ2n) is 6.77. The Hall–Kier alpha value is -2.95. The summed E-state index contributed by atoms with van der Waals surface area (Å²) in [7, 11) is 1.72. The number of likely N-dealkylation sites (N-methyl/N-ethyl adjacent to an activating group) is 1. The molecule has 0 N–H and O–H groups in total. The molecular formula is C22H23FN2O2. The normalized spacial score (nSPS) is 11.0. The first-order chi connectivity index (χ1) is 13.0. The first-order valence-electron chi connectivity index (χ1n) is 9.00. The van der Waals surface area contributed by atoms with Gasteiger partial charge in [-0.25, -0.2) is 4.39 Å². The van der Waals surface area contributed by atoms with Gasteiger partial charge in [0.15, 0.2) is 11.6 Å². The van der Waals surface area contributed by atoms with E-state index in [9.17, 15) is 9.18 Å². The molecule has 5 heteroatoms. The van der Waals surface area contributed by atoms with E-state index >= 15 is 0 Å². The fourth-order valence-electron chi connectivity index (χ4n) is 2.83. The van der Waals surface area contributed by atoms with Crippen LogP contribution in [0.4, 0.5) is 4.39 Å². The number of carbonyl (C=O) groups is 1. The largest absolute Gasteiger partial charge is 0.489 e. The third-order valence-corrected chi connectivity index (χ3v) is 4.43. The van der Waals surface area contributed by atoms with E-state index in [1.165, 1.54) is 6.07 Å². The zero-order chi connectivity index (χ0) is 19.4. The quantitative estimate of drug-likeness (QED) is 0.638. The maximum Gasteiger partial charge on any atom is 0.254 e. The molecule has 0 aliphatic heterocycles. The predicted molar refractivity (Wildman–Crippen MR) is 105 cm³/mol. The second kappa shape index (κ2) is 8.16. The maximum atomic E-state index is 13.6. The van der Waals surface area contributed by atoms with Crippen LogP contribution < -0.4 is 4.74 Å². The SMILES string of the molecule is CC(C)c1cc(C(=O)N(C)CCOc2ccccc2F)c2ccccc2n1. The first kappa shape index (κ1) is 18.8. The summed E-state index contributed by atoms with van der Waals surface area (Å²) in [6, 6.07) is 15.7.